The number of thioether (sulfide) groups is 1. The summed E-state index contributed by atoms with van der Waals surface area (Å²) in [4.78, 5) is 20.1. The quantitative estimate of drug-likeness (QED) is 0.252. The first-order valence-electron chi connectivity index (χ1n) is 11.0. The zero-order chi connectivity index (χ0) is 23.9. The van der Waals surface area contributed by atoms with E-state index in [1.165, 1.54) is 17.3 Å². The maximum atomic E-state index is 12.6. The topological polar surface area (TPSA) is 89.6 Å². The lowest BCUT2D eigenvalue weighted by atomic mass is 9.87. The number of hydrogen-bond donors (Lipinski definition) is 1. The lowest BCUT2D eigenvalue weighted by Crippen LogP contribution is -2.11. The summed E-state index contributed by atoms with van der Waals surface area (Å²) in [6, 6.07) is 15.9. The lowest BCUT2D eigenvalue weighted by molar-refractivity contribution is 0.590. The lowest BCUT2D eigenvalue weighted by Gasteiger charge is -2.19. The van der Waals surface area contributed by atoms with E-state index in [1.54, 1.807) is 0 Å². The van der Waals surface area contributed by atoms with Crippen LogP contribution in [0.3, 0.4) is 0 Å². The monoisotopic (exact) mass is 471 g/mol. The van der Waals surface area contributed by atoms with Crippen molar-refractivity contribution < 1.29 is 4.42 Å². The molecular formula is C26H25N5O2S. The number of aromatic amines is 1. The number of rotatable bonds is 6. The molecule has 0 amide bonds. The molecule has 0 aliphatic heterocycles. The SMILES string of the molecule is C=CCn1c(SCc2nc3c(oc4ccccc43)c(=O)[nH]2)nnc1-c1ccc(C(C)(C)C)cc1. The molecule has 0 unspecified atom stereocenters. The van der Waals surface area contributed by atoms with Crippen LogP contribution in [0.1, 0.15) is 32.2 Å². The third-order valence-electron chi connectivity index (χ3n) is 5.66. The highest BCUT2D eigenvalue weighted by Gasteiger charge is 2.18. The van der Waals surface area contributed by atoms with E-state index in [4.69, 9.17) is 4.42 Å². The van der Waals surface area contributed by atoms with Crippen LogP contribution in [0.25, 0.3) is 33.5 Å². The third kappa shape index (κ3) is 4.05. The minimum atomic E-state index is -0.288. The Hall–Kier alpha value is -3.65. The van der Waals surface area contributed by atoms with E-state index in [1.807, 2.05) is 34.9 Å². The highest BCUT2D eigenvalue weighted by molar-refractivity contribution is 7.98. The maximum absolute atomic E-state index is 12.6. The Bertz CT molecular complexity index is 1550. The number of fused-ring (bicyclic) bond motifs is 3. The van der Waals surface area contributed by atoms with Crippen molar-refractivity contribution >= 4 is 33.8 Å². The second-order valence-electron chi connectivity index (χ2n) is 9.11. The number of furan rings is 1. The Morgan fingerprint density at radius 1 is 1.12 bits per heavy atom. The van der Waals surface area contributed by atoms with Crippen LogP contribution in [-0.4, -0.2) is 24.7 Å². The van der Waals surface area contributed by atoms with E-state index in [-0.39, 0.29) is 16.6 Å². The van der Waals surface area contributed by atoms with Gasteiger partial charge in [-0.1, -0.05) is 75.0 Å². The fraction of sp³-hybridized carbons (Fsp3) is 0.231. The molecule has 0 saturated heterocycles. The van der Waals surface area contributed by atoms with E-state index in [0.717, 1.165) is 21.9 Å². The van der Waals surface area contributed by atoms with E-state index in [9.17, 15) is 4.79 Å². The van der Waals surface area contributed by atoms with Crippen molar-refractivity contribution in [2.45, 2.75) is 43.6 Å². The molecular weight excluding hydrogens is 446 g/mol. The van der Waals surface area contributed by atoms with Crippen molar-refractivity contribution in [3.05, 3.63) is 82.9 Å². The maximum Gasteiger partial charge on any atom is 0.294 e. The first-order chi connectivity index (χ1) is 16.3. The number of para-hydroxylation sites is 1. The molecule has 5 aromatic rings. The van der Waals surface area contributed by atoms with Gasteiger partial charge >= 0.3 is 0 Å². The summed E-state index contributed by atoms with van der Waals surface area (Å²) in [5, 5.41) is 10.4. The number of hydrogen-bond acceptors (Lipinski definition) is 6. The Balaban J connectivity index is 1.44. The second kappa shape index (κ2) is 8.61. The van der Waals surface area contributed by atoms with Gasteiger partial charge < -0.3 is 9.40 Å². The second-order valence-corrected chi connectivity index (χ2v) is 10.1. The van der Waals surface area contributed by atoms with E-state index >= 15 is 0 Å². The molecule has 0 atom stereocenters. The van der Waals surface area contributed by atoms with Gasteiger partial charge in [0.25, 0.3) is 5.56 Å². The minimum absolute atomic E-state index is 0.0830. The summed E-state index contributed by atoms with van der Waals surface area (Å²) in [6.07, 6.45) is 1.82. The molecule has 2 aromatic carbocycles. The molecule has 0 saturated carbocycles. The van der Waals surface area contributed by atoms with Gasteiger partial charge in [0.05, 0.1) is 5.75 Å². The van der Waals surface area contributed by atoms with Crippen LogP contribution < -0.4 is 5.56 Å². The summed E-state index contributed by atoms with van der Waals surface area (Å²) in [5.41, 5.74) is 3.51. The van der Waals surface area contributed by atoms with Crippen LogP contribution in [0.4, 0.5) is 0 Å². The van der Waals surface area contributed by atoms with E-state index < -0.39 is 0 Å². The average Bonchev–Trinajstić information content (AvgIpc) is 3.39. The Morgan fingerprint density at radius 3 is 2.62 bits per heavy atom. The number of nitrogens with one attached hydrogen (secondary N) is 1. The smallest absolute Gasteiger partial charge is 0.294 e. The number of allylic oxidation sites excluding steroid dienone is 1. The molecule has 8 heteroatoms. The number of benzene rings is 2. The molecule has 1 N–H and O–H groups in total. The summed E-state index contributed by atoms with van der Waals surface area (Å²) in [7, 11) is 0. The first-order valence-corrected chi connectivity index (χ1v) is 12.0. The zero-order valence-electron chi connectivity index (χ0n) is 19.3. The van der Waals surface area contributed by atoms with Crippen LogP contribution in [0.2, 0.25) is 0 Å². The Labute approximate surface area is 200 Å². The van der Waals surface area contributed by atoms with Gasteiger partial charge in [0.2, 0.25) is 5.58 Å². The van der Waals surface area contributed by atoms with Crippen LogP contribution >= 0.6 is 11.8 Å². The molecule has 172 valence electrons. The van der Waals surface area contributed by atoms with Crippen molar-refractivity contribution in [3.63, 3.8) is 0 Å². The van der Waals surface area contributed by atoms with Crippen molar-refractivity contribution in [1.29, 1.82) is 0 Å². The molecule has 34 heavy (non-hydrogen) atoms. The largest absolute Gasteiger partial charge is 0.449 e. The third-order valence-corrected chi connectivity index (χ3v) is 6.63. The van der Waals surface area contributed by atoms with Gasteiger partial charge in [0, 0.05) is 17.5 Å². The Morgan fingerprint density at radius 2 is 1.88 bits per heavy atom. The van der Waals surface area contributed by atoms with Crippen molar-refractivity contribution in [2.75, 3.05) is 0 Å². The van der Waals surface area contributed by atoms with Gasteiger partial charge in [-0.05, 0) is 23.1 Å². The standard InChI is InChI=1S/C26H25N5O2S/c1-5-14-31-23(16-10-12-17(13-11-16)26(2,3)4)29-30-25(31)34-15-20-27-21-18-8-6-7-9-19(18)33-22(21)24(32)28-20/h5-13H,1,14-15H2,2-4H3,(H,27,28,32). The number of H-pyrrole nitrogens is 1. The van der Waals surface area contributed by atoms with Gasteiger partial charge in [0.15, 0.2) is 11.0 Å². The van der Waals surface area contributed by atoms with Gasteiger partial charge in [-0.15, -0.1) is 16.8 Å². The van der Waals surface area contributed by atoms with Crippen molar-refractivity contribution in [1.82, 2.24) is 24.7 Å². The van der Waals surface area contributed by atoms with Crippen LogP contribution in [-0.2, 0) is 17.7 Å². The number of aromatic nitrogens is 5. The molecule has 0 aliphatic carbocycles. The summed E-state index contributed by atoms with van der Waals surface area (Å²) in [5.74, 6) is 1.77. The molecule has 0 bridgehead atoms. The van der Waals surface area contributed by atoms with Gasteiger partial charge in [-0.3, -0.25) is 9.36 Å². The molecule has 0 spiro atoms. The summed E-state index contributed by atoms with van der Waals surface area (Å²) < 4.78 is 7.70. The van der Waals surface area contributed by atoms with Crippen LogP contribution in [0.15, 0.2) is 75.6 Å². The molecule has 0 fully saturated rings. The van der Waals surface area contributed by atoms with Crippen LogP contribution in [0.5, 0.6) is 0 Å². The highest BCUT2D eigenvalue weighted by atomic mass is 32.2. The molecule has 3 heterocycles. The van der Waals surface area contributed by atoms with Crippen molar-refractivity contribution in [3.8, 4) is 11.4 Å². The molecule has 0 radical (unpaired) electrons. The Kier molecular flexibility index (Phi) is 5.61. The predicted molar refractivity (Wildman–Crippen MR) is 136 cm³/mol. The summed E-state index contributed by atoms with van der Waals surface area (Å²) in [6.45, 7) is 11.0. The highest BCUT2D eigenvalue weighted by Crippen LogP contribution is 2.29. The van der Waals surface area contributed by atoms with E-state index in [0.29, 0.717) is 29.2 Å². The van der Waals surface area contributed by atoms with E-state index in [2.05, 4.69) is 71.8 Å². The first kappa shape index (κ1) is 22.2. The number of nitrogens with zero attached hydrogens (tertiary/aromatic N) is 4. The molecule has 7 nitrogen and oxygen atoms in total. The van der Waals surface area contributed by atoms with Crippen molar-refractivity contribution in [2.24, 2.45) is 0 Å². The fourth-order valence-electron chi connectivity index (χ4n) is 3.87. The zero-order valence-corrected chi connectivity index (χ0v) is 20.1. The molecule has 0 aliphatic rings. The normalized spacial score (nSPS) is 12.0. The average molecular weight is 472 g/mol. The summed E-state index contributed by atoms with van der Waals surface area (Å²) >= 11 is 1.47. The molecule has 3 aromatic heterocycles. The van der Waals surface area contributed by atoms with Gasteiger partial charge in [-0.2, -0.15) is 0 Å². The predicted octanol–water partition coefficient (Wildman–Crippen LogP) is 5.70. The molecule has 5 rings (SSSR count). The fourth-order valence-corrected chi connectivity index (χ4v) is 4.69. The van der Waals surface area contributed by atoms with Gasteiger partial charge in [0.1, 0.15) is 16.9 Å². The minimum Gasteiger partial charge on any atom is -0.449 e. The van der Waals surface area contributed by atoms with Gasteiger partial charge in [-0.25, -0.2) is 4.98 Å². The van der Waals surface area contributed by atoms with Crippen LogP contribution in [0, 0.1) is 0 Å².